The standard InChI is InChI=1S/C11H13BrN2O3S/c1-8-7-18(16,17)5-4-14(8)11(15)9-2-3-10(12)13-6-9/h2-3,6,8H,4-5,7H2,1H3. The molecule has 0 spiro atoms. The Hall–Kier alpha value is -0.950. The van der Waals surface area contributed by atoms with Gasteiger partial charge in [-0.05, 0) is 35.0 Å². The van der Waals surface area contributed by atoms with E-state index >= 15 is 0 Å². The minimum atomic E-state index is -3.00. The van der Waals surface area contributed by atoms with E-state index in [9.17, 15) is 13.2 Å². The lowest BCUT2D eigenvalue weighted by molar-refractivity contribution is 0.0712. The van der Waals surface area contributed by atoms with Crippen molar-refractivity contribution in [2.75, 3.05) is 18.1 Å². The molecule has 1 aliphatic rings. The Morgan fingerprint density at radius 3 is 2.78 bits per heavy atom. The maximum absolute atomic E-state index is 12.2. The SMILES string of the molecule is CC1CS(=O)(=O)CCN1C(=O)c1ccc(Br)nc1. The normalized spacial score (nSPS) is 22.8. The van der Waals surface area contributed by atoms with E-state index in [2.05, 4.69) is 20.9 Å². The van der Waals surface area contributed by atoms with E-state index in [0.29, 0.717) is 10.2 Å². The summed E-state index contributed by atoms with van der Waals surface area (Å²) in [4.78, 5) is 17.8. The summed E-state index contributed by atoms with van der Waals surface area (Å²) in [6.07, 6.45) is 1.49. The molecule has 1 saturated heterocycles. The Kier molecular flexibility index (Phi) is 3.72. The number of halogens is 1. The molecule has 1 aromatic heterocycles. The topological polar surface area (TPSA) is 67.3 Å². The van der Waals surface area contributed by atoms with E-state index < -0.39 is 9.84 Å². The summed E-state index contributed by atoms with van der Waals surface area (Å²) in [5, 5.41) is 0. The molecule has 7 heteroatoms. The summed E-state index contributed by atoms with van der Waals surface area (Å²) >= 11 is 3.20. The highest BCUT2D eigenvalue weighted by Gasteiger charge is 2.31. The Morgan fingerprint density at radius 1 is 1.50 bits per heavy atom. The fourth-order valence-electron chi connectivity index (χ4n) is 1.97. The summed E-state index contributed by atoms with van der Waals surface area (Å²) in [7, 11) is -3.00. The third-order valence-corrected chi connectivity index (χ3v) is 5.17. The van der Waals surface area contributed by atoms with Crippen molar-refractivity contribution in [3.8, 4) is 0 Å². The first kappa shape index (κ1) is 13.5. The second-order valence-corrected chi connectivity index (χ2v) is 7.37. The number of aromatic nitrogens is 1. The zero-order valence-electron chi connectivity index (χ0n) is 9.84. The van der Waals surface area contributed by atoms with Gasteiger partial charge in [0.15, 0.2) is 9.84 Å². The molecule has 1 atom stereocenters. The van der Waals surface area contributed by atoms with Crippen molar-refractivity contribution in [2.45, 2.75) is 13.0 Å². The molecule has 98 valence electrons. The number of rotatable bonds is 1. The second-order valence-electron chi connectivity index (χ2n) is 4.33. The van der Waals surface area contributed by atoms with Crippen LogP contribution in [0, 0.1) is 0 Å². The average molecular weight is 333 g/mol. The van der Waals surface area contributed by atoms with Gasteiger partial charge in [-0.3, -0.25) is 4.79 Å². The summed E-state index contributed by atoms with van der Waals surface area (Å²) < 4.78 is 23.6. The van der Waals surface area contributed by atoms with Gasteiger partial charge in [-0.25, -0.2) is 13.4 Å². The van der Waals surface area contributed by atoms with Crippen LogP contribution >= 0.6 is 15.9 Å². The van der Waals surface area contributed by atoms with Crippen LogP contribution in [0.3, 0.4) is 0 Å². The summed E-state index contributed by atoms with van der Waals surface area (Å²) in [5.41, 5.74) is 0.476. The largest absolute Gasteiger partial charge is 0.334 e. The molecule has 0 radical (unpaired) electrons. The van der Waals surface area contributed by atoms with Crippen LogP contribution in [0.2, 0.25) is 0 Å². The third kappa shape index (κ3) is 2.89. The fourth-order valence-corrected chi connectivity index (χ4v) is 3.76. The molecule has 1 aromatic rings. The Balaban J connectivity index is 2.17. The number of carbonyl (C=O) groups excluding carboxylic acids is 1. The molecule has 18 heavy (non-hydrogen) atoms. The van der Waals surface area contributed by atoms with Crippen molar-refractivity contribution in [2.24, 2.45) is 0 Å². The lowest BCUT2D eigenvalue weighted by Gasteiger charge is -2.33. The molecular formula is C11H13BrN2O3S. The minimum absolute atomic E-state index is 0.0305. The monoisotopic (exact) mass is 332 g/mol. The smallest absolute Gasteiger partial charge is 0.255 e. The first-order valence-corrected chi connectivity index (χ1v) is 8.13. The molecule has 5 nitrogen and oxygen atoms in total. The molecule has 0 saturated carbocycles. The van der Waals surface area contributed by atoms with Gasteiger partial charge in [-0.1, -0.05) is 0 Å². The number of amides is 1. The number of hydrogen-bond acceptors (Lipinski definition) is 4. The van der Waals surface area contributed by atoms with E-state index in [1.807, 2.05) is 0 Å². The van der Waals surface area contributed by atoms with E-state index in [1.165, 1.54) is 6.20 Å². The van der Waals surface area contributed by atoms with Crippen LogP contribution in [-0.4, -0.2) is 48.3 Å². The summed E-state index contributed by atoms with van der Waals surface area (Å²) in [5.74, 6) is -0.104. The predicted octanol–water partition coefficient (Wildman–Crippen LogP) is 1.10. The van der Waals surface area contributed by atoms with Gasteiger partial charge in [0.2, 0.25) is 0 Å². The van der Waals surface area contributed by atoms with Crippen molar-refractivity contribution < 1.29 is 13.2 Å². The summed E-state index contributed by atoms with van der Waals surface area (Å²) in [6, 6.07) is 3.08. The molecule has 1 fully saturated rings. The molecular weight excluding hydrogens is 320 g/mol. The van der Waals surface area contributed by atoms with Gasteiger partial charge >= 0.3 is 0 Å². The van der Waals surface area contributed by atoms with Crippen molar-refractivity contribution in [3.05, 3.63) is 28.5 Å². The Labute approximate surface area is 114 Å². The molecule has 0 bridgehead atoms. The number of pyridine rings is 1. The van der Waals surface area contributed by atoms with Crippen LogP contribution in [-0.2, 0) is 9.84 Å². The molecule has 0 aliphatic carbocycles. The maximum Gasteiger partial charge on any atom is 0.255 e. The highest BCUT2D eigenvalue weighted by atomic mass is 79.9. The van der Waals surface area contributed by atoms with Crippen LogP contribution in [0.5, 0.6) is 0 Å². The quantitative estimate of drug-likeness (QED) is 0.722. The second kappa shape index (κ2) is 4.97. The van der Waals surface area contributed by atoms with Crippen molar-refractivity contribution in [3.63, 3.8) is 0 Å². The van der Waals surface area contributed by atoms with Crippen LogP contribution in [0.1, 0.15) is 17.3 Å². The van der Waals surface area contributed by atoms with E-state index in [1.54, 1.807) is 24.0 Å². The molecule has 0 N–H and O–H groups in total. The van der Waals surface area contributed by atoms with Crippen molar-refractivity contribution >= 4 is 31.7 Å². The maximum atomic E-state index is 12.2. The zero-order chi connectivity index (χ0) is 13.3. The molecule has 2 rings (SSSR count). The highest BCUT2D eigenvalue weighted by Crippen LogP contribution is 2.16. The lowest BCUT2D eigenvalue weighted by atomic mass is 10.2. The number of nitrogens with zero attached hydrogens (tertiary/aromatic N) is 2. The lowest BCUT2D eigenvalue weighted by Crippen LogP contribution is -2.49. The van der Waals surface area contributed by atoms with Crippen molar-refractivity contribution in [1.29, 1.82) is 0 Å². The minimum Gasteiger partial charge on any atom is -0.334 e. The van der Waals surface area contributed by atoms with Gasteiger partial charge < -0.3 is 4.90 Å². The van der Waals surface area contributed by atoms with E-state index in [-0.39, 0.29) is 30.0 Å². The van der Waals surface area contributed by atoms with Gasteiger partial charge in [0.25, 0.3) is 5.91 Å². The van der Waals surface area contributed by atoms with Crippen molar-refractivity contribution in [1.82, 2.24) is 9.88 Å². The van der Waals surface area contributed by atoms with Gasteiger partial charge in [0.05, 0.1) is 17.1 Å². The number of hydrogen-bond donors (Lipinski definition) is 0. The molecule has 1 unspecified atom stereocenters. The van der Waals surface area contributed by atoms with E-state index in [0.717, 1.165) is 0 Å². The molecule has 1 aliphatic heterocycles. The van der Waals surface area contributed by atoms with Gasteiger partial charge in [-0.15, -0.1) is 0 Å². The first-order valence-electron chi connectivity index (χ1n) is 5.52. The molecule has 0 aromatic carbocycles. The highest BCUT2D eigenvalue weighted by molar-refractivity contribution is 9.10. The predicted molar refractivity (Wildman–Crippen MR) is 71.1 cm³/mol. The van der Waals surface area contributed by atoms with Crippen LogP contribution in [0.15, 0.2) is 22.9 Å². The molecule has 2 heterocycles. The molecule has 1 amide bonds. The van der Waals surface area contributed by atoms with Crippen LogP contribution < -0.4 is 0 Å². The van der Waals surface area contributed by atoms with Gasteiger partial charge in [-0.2, -0.15) is 0 Å². The summed E-state index contributed by atoms with van der Waals surface area (Å²) in [6.45, 7) is 2.00. The first-order chi connectivity index (χ1) is 8.39. The van der Waals surface area contributed by atoms with Crippen LogP contribution in [0.4, 0.5) is 0 Å². The third-order valence-electron chi connectivity index (χ3n) is 2.91. The zero-order valence-corrected chi connectivity index (χ0v) is 12.2. The van der Waals surface area contributed by atoms with E-state index in [4.69, 9.17) is 0 Å². The number of sulfone groups is 1. The number of carbonyl (C=O) groups is 1. The fraction of sp³-hybridized carbons (Fsp3) is 0.455. The Bertz CT molecular complexity index is 556. The van der Waals surface area contributed by atoms with Gasteiger partial charge in [0.1, 0.15) is 4.60 Å². The van der Waals surface area contributed by atoms with Crippen LogP contribution in [0.25, 0.3) is 0 Å². The average Bonchev–Trinajstić information content (AvgIpc) is 2.28. The Morgan fingerprint density at radius 2 is 2.22 bits per heavy atom. The van der Waals surface area contributed by atoms with Gasteiger partial charge in [0, 0.05) is 18.8 Å².